The van der Waals surface area contributed by atoms with Crippen molar-refractivity contribution < 1.29 is 121 Å². The van der Waals surface area contributed by atoms with Crippen molar-refractivity contribution in [2.24, 2.45) is 17.8 Å². The molecule has 0 aromatic rings. The van der Waals surface area contributed by atoms with Gasteiger partial charge in [0.15, 0.2) is 0 Å². The third-order valence-electron chi connectivity index (χ3n) is 2.31. The zero-order chi connectivity index (χ0) is 9.14. The van der Waals surface area contributed by atoms with Gasteiger partial charge in [-0.25, -0.2) is 6.42 Å². The summed E-state index contributed by atoms with van der Waals surface area (Å²) in [5.74, 6) is 2.57. The molecule has 2 fully saturated rings. The first-order valence-electron chi connectivity index (χ1n) is 4.93. The van der Waals surface area contributed by atoms with E-state index in [1.807, 2.05) is 6.61 Å². The Bertz CT molecular complexity index is 113. The molecule has 1 nitrogen and oxygen atoms in total. The van der Waals surface area contributed by atoms with E-state index >= 15 is 0 Å². The Hall–Kier alpha value is 3.57. The normalized spacial score (nSPS) is 27.0. The van der Waals surface area contributed by atoms with Crippen molar-refractivity contribution in [1.82, 2.24) is 0 Å². The van der Waals surface area contributed by atoms with Crippen molar-refractivity contribution in [3.05, 3.63) is 13.0 Å². The van der Waals surface area contributed by atoms with Gasteiger partial charge in [-0.2, -0.15) is 12.5 Å². The third kappa shape index (κ3) is 10.7. The molecule has 0 aromatic carbocycles. The van der Waals surface area contributed by atoms with E-state index in [0.717, 1.165) is 11.8 Å². The Balaban J connectivity index is 0. The van der Waals surface area contributed by atoms with E-state index in [0.29, 0.717) is 12.0 Å². The van der Waals surface area contributed by atoms with Gasteiger partial charge in [0.1, 0.15) is 0 Å². The second-order valence-electron chi connectivity index (χ2n) is 4.36. The smallest absolute Gasteiger partial charge is 0.570 e. The summed E-state index contributed by atoms with van der Waals surface area (Å²) in [5, 5.41) is 0. The largest absolute Gasteiger partial charge is 1.00 e. The molecule has 0 amide bonds. The zero-order valence-corrected chi connectivity index (χ0v) is 20.4. The fourth-order valence-corrected chi connectivity index (χ4v) is 0.983. The molecule has 2 aliphatic rings. The molecule has 0 bridgehead atoms. The van der Waals surface area contributed by atoms with Crippen molar-refractivity contribution in [1.29, 1.82) is 0 Å². The Kier molecular flexibility index (Phi) is 14.9. The van der Waals surface area contributed by atoms with Crippen LogP contribution in [0, 0.1) is 30.8 Å². The van der Waals surface area contributed by atoms with E-state index < -0.39 is 0 Å². The number of rotatable bonds is 2. The molecule has 0 aromatic heterocycles. The van der Waals surface area contributed by atoms with Crippen LogP contribution in [0.5, 0.6) is 0 Å². The third-order valence-corrected chi connectivity index (χ3v) is 2.31. The van der Waals surface area contributed by atoms with Gasteiger partial charge in [0.2, 0.25) is 0 Å². The van der Waals surface area contributed by atoms with Crippen molar-refractivity contribution in [2.75, 3.05) is 0 Å². The van der Waals surface area contributed by atoms with Gasteiger partial charge in [-0.15, -0.1) is 0 Å². The average molecular weight is 339 g/mol. The van der Waals surface area contributed by atoms with E-state index in [1.54, 1.807) is 0 Å². The summed E-state index contributed by atoms with van der Waals surface area (Å²) < 4.78 is 4.84. The van der Waals surface area contributed by atoms with Gasteiger partial charge < -0.3 is 11.2 Å². The maximum absolute atomic E-state index is 4.84. The minimum atomic E-state index is 0. The fourth-order valence-electron chi connectivity index (χ4n) is 0.983. The molecule has 1 heterocycles. The monoisotopic (exact) mass is 338 g/mol. The molecule has 72 valence electrons. The molecule has 1 saturated carbocycles. The molecule has 1 aliphatic carbocycles. The van der Waals surface area contributed by atoms with Gasteiger partial charge in [-0.05, 0) is 0 Å². The molecule has 0 spiro atoms. The SMILES string of the molecule is CC(C)C1[CH-]C1.CC(C)C1[CH-]O1.[Rb+].[Rb+]. The fraction of sp³-hybridized carbons (Fsp3) is 0.818. The summed E-state index contributed by atoms with van der Waals surface area (Å²) >= 11 is 0. The van der Waals surface area contributed by atoms with Gasteiger partial charge in [0, 0.05) is 0 Å². The summed E-state index contributed by atoms with van der Waals surface area (Å²) in [7, 11) is 0. The van der Waals surface area contributed by atoms with Crippen LogP contribution in [-0.2, 0) is 4.74 Å². The molecular formula is C11H20ORb2. The Morgan fingerprint density at radius 2 is 1.50 bits per heavy atom. The van der Waals surface area contributed by atoms with Crippen LogP contribution in [0.15, 0.2) is 0 Å². The van der Waals surface area contributed by atoms with E-state index in [-0.39, 0.29) is 116 Å². The van der Waals surface area contributed by atoms with Crippen LogP contribution in [0.3, 0.4) is 0 Å². The Morgan fingerprint density at radius 3 is 1.50 bits per heavy atom. The molecule has 0 N–H and O–H groups in total. The van der Waals surface area contributed by atoms with E-state index in [2.05, 4.69) is 34.1 Å². The first kappa shape index (κ1) is 19.9. The molecule has 2 atom stereocenters. The maximum Gasteiger partial charge on any atom is 1.00 e. The standard InChI is InChI=1S/C6H11.C5H9O.2Rb/c1-5(2)6-3-4-6;1-4(2)5-3-6-5;;/h3,5-6H,4H2,1-2H3;3-5H,1-2H3;;/q2*-1;2*+1. The second kappa shape index (κ2) is 10.5. The summed E-state index contributed by atoms with van der Waals surface area (Å²) in [4.78, 5) is 0. The van der Waals surface area contributed by atoms with Crippen molar-refractivity contribution in [3.8, 4) is 0 Å². The maximum atomic E-state index is 4.84. The van der Waals surface area contributed by atoms with Crippen LogP contribution in [0.1, 0.15) is 34.1 Å². The first-order chi connectivity index (χ1) is 5.61. The van der Waals surface area contributed by atoms with Crippen LogP contribution in [-0.4, -0.2) is 6.10 Å². The van der Waals surface area contributed by atoms with E-state index in [1.165, 1.54) is 6.42 Å². The van der Waals surface area contributed by atoms with E-state index in [9.17, 15) is 0 Å². The molecule has 1 aliphatic heterocycles. The van der Waals surface area contributed by atoms with Crippen LogP contribution < -0.4 is 116 Å². The molecule has 1 saturated heterocycles. The van der Waals surface area contributed by atoms with E-state index in [4.69, 9.17) is 4.74 Å². The summed E-state index contributed by atoms with van der Waals surface area (Å²) in [6, 6.07) is 0. The predicted octanol–water partition coefficient (Wildman–Crippen LogP) is -2.92. The average Bonchev–Trinajstić information content (AvgIpc) is 2.85. The van der Waals surface area contributed by atoms with Crippen molar-refractivity contribution in [2.45, 2.75) is 40.2 Å². The van der Waals surface area contributed by atoms with Gasteiger partial charge >= 0.3 is 116 Å². The van der Waals surface area contributed by atoms with Crippen molar-refractivity contribution >= 4 is 0 Å². The zero-order valence-electron chi connectivity index (χ0n) is 10.6. The van der Waals surface area contributed by atoms with Crippen LogP contribution in [0.25, 0.3) is 0 Å². The summed E-state index contributed by atoms with van der Waals surface area (Å²) in [6.45, 7) is 10.7. The topological polar surface area (TPSA) is 12.5 Å². The minimum absolute atomic E-state index is 0. The molecule has 14 heavy (non-hydrogen) atoms. The Labute approximate surface area is 187 Å². The number of ether oxygens (including phenoxy) is 1. The van der Waals surface area contributed by atoms with Crippen molar-refractivity contribution in [3.63, 3.8) is 0 Å². The van der Waals surface area contributed by atoms with Gasteiger partial charge in [-0.1, -0.05) is 45.6 Å². The molecule has 0 radical (unpaired) electrons. The van der Waals surface area contributed by atoms with Gasteiger partial charge in [0.05, 0.1) is 0 Å². The van der Waals surface area contributed by atoms with Crippen LogP contribution in [0.4, 0.5) is 0 Å². The number of hydrogen-bond acceptors (Lipinski definition) is 1. The van der Waals surface area contributed by atoms with Crippen LogP contribution in [0.2, 0.25) is 0 Å². The molecule has 2 rings (SSSR count). The quantitative estimate of drug-likeness (QED) is 0.388. The molecule has 3 heteroatoms. The summed E-state index contributed by atoms with van der Waals surface area (Å²) in [5.41, 5.74) is 0. The first-order valence-corrected chi connectivity index (χ1v) is 4.93. The van der Waals surface area contributed by atoms with Gasteiger partial charge in [-0.3, -0.25) is 0 Å². The Morgan fingerprint density at radius 1 is 1.07 bits per heavy atom. The van der Waals surface area contributed by atoms with Gasteiger partial charge in [0.25, 0.3) is 0 Å². The number of hydrogen-bond donors (Lipinski definition) is 0. The second-order valence-corrected chi connectivity index (χ2v) is 4.36. The summed E-state index contributed by atoms with van der Waals surface area (Å²) in [6.07, 6.45) is 4.22. The minimum Gasteiger partial charge on any atom is -0.570 e. The molecular weight excluding hydrogens is 319 g/mol. The number of epoxide rings is 1. The van der Waals surface area contributed by atoms with Crippen LogP contribution >= 0.6 is 0 Å². The predicted molar refractivity (Wildman–Crippen MR) is 51.3 cm³/mol. The molecule has 2 unspecified atom stereocenters.